The predicted molar refractivity (Wildman–Crippen MR) is 79.0 cm³/mol. The molecule has 0 fully saturated rings. The Kier molecular flexibility index (Phi) is 4.37. The van der Waals surface area contributed by atoms with E-state index in [4.69, 9.17) is 9.47 Å². The average molecular weight is 287 g/mol. The summed E-state index contributed by atoms with van der Waals surface area (Å²) in [6, 6.07) is 6.79. The van der Waals surface area contributed by atoms with Crippen LogP contribution in [0.5, 0.6) is 11.5 Å². The Balaban J connectivity index is 2.27. The van der Waals surface area contributed by atoms with Crippen molar-refractivity contribution in [3.05, 3.63) is 41.2 Å². The second kappa shape index (κ2) is 6.21. The molecule has 6 nitrogen and oxygen atoms in total. The molecule has 0 saturated heterocycles. The van der Waals surface area contributed by atoms with Crippen molar-refractivity contribution in [3.8, 4) is 11.5 Å². The van der Waals surface area contributed by atoms with Crippen LogP contribution in [0.2, 0.25) is 0 Å². The summed E-state index contributed by atoms with van der Waals surface area (Å²) < 4.78 is 10.3. The molecule has 0 aliphatic rings. The van der Waals surface area contributed by atoms with Crippen LogP contribution in [0.15, 0.2) is 24.3 Å². The normalized spacial score (nSPS) is 10.1. The van der Waals surface area contributed by atoms with Crippen LogP contribution in [0.3, 0.4) is 0 Å². The monoisotopic (exact) mass is 287 g/mol. The third-order valence-corrected chi connectivity index (χ3v) is 2.82. The molecule has 2 aromatic rings. The smallest absolute Gasteiger partial charge is 0.258 e. The molecule has 0 radical (unpaired) electrons. The van der Waals surface area contributed by atoms with Gasteiger partial charge in [0.1, 0.15) is 11.5 Å². The van der Waals surface area contributed by atoms with Gasteiger partial charge in [-0.05, 0) is 32.0 Å². The first-order valence-corrected chi connectivity index (χ1v) is 6.38. The van der Waals surface area contributed by atoms with Crippen molar-refractivity contribution in [1.29, 1.82) is 0 Å². The maximum Gasteiger partial charge on any atom is 0.258 e. The van der Waals surface area contributed by atoms with Crippen molar-refractivity contribution in [2.75, 3.05) is 19.5 Å². The van der Waals surface area contributed by atoms with Gasteiger partial charge in [0.2, 0.25) is 5.95 Å². The van der Waals surface area contributed by atoms with E-state index in [9.17, 15) is 4.79 Å². The van der Waals surface area contributed by atoms with Gasteiger partial charge in [-0.2, -0.15) is 0 Å². The number of amides is 1. The molecule has 110 valence electrons. The number of rotatable bonds is 4. The Bertz CT molecular complexity index is 629. The number of carbonyl (C=O) groups is 1. The van der Waals surface area contributed by atoms with Crippen LogP contribution in [0.1, 0.15) is 21.7 Å². The minimum atomic E-state index is -0.322. The fourth-order valence-corrected chi connectivity index (χ4v) is 1.89. The van der Waals surface area contributed by atoms with E-state index in [-0.39, 0.29) is 11.9 Å². The SMILES string of the molecule is COc1cc(OC)cc(C(=O)Nc2nc(C)cc(C)n2)c1. The maximum atomic E-state index is 12.3. The highest BCUT2D eigenvalue weighted by Gasteiger charge is 2.12. The van der Waals surface area contributed by atoms with Gasteiger partial charge in [0.15, 0.2) is 0 Å². The molecule has 0 saturated carbocycles. The number of nitrogens with zero attached hydrogens (tertiary/aromatic N) is 2. The van der Waals surface area contributed by atoms with Gasteiger partial charge in [-0.25, -0.2) is 9.97 Å². The number of anilines is 1. The average Bonchev–Trinajstić information content (AvgIpc) is 2.45. The molecule has 21 heavy (non-hydrogen) atoms. The van der Waals surface area contributed by atoms with E-state index < -0.39 is 0 Å². The highest BCUT2D eigenvalue weighted by molar-refractivity contribution is 6.03. The van der Waals surface area contributed by atoms with Gasteiger partial charge in [0.25, 0.3) is 5.91 Å². The largest absolute Gasteiger partial charge is 0.497 e. The van der Waals surface area contributed by atoms with E-state index in [1.165, 1.54) is 14.2 Å². The molecule has 0 aliphatic heterocycles. The van der Waals surface area contributed by atoms with Crippen molar-refractivity contribution >= 4 is 11.9 Å². The minimum absolute atomic E-state index is 0.277. The second-order valence-corrected chi connectivity index (χ2v) is 4.53. The lowest BCUT2D eigenvalue weighted by Gasteiger charge is -2.09. The van der Waals surface area contributed by atoms with Crippen LogP contribution < -0.4 is 14.8 Å². The number of carbonyl (C=O) groups excluding carboxylic acids is 1. The number of hydrogen-bond acceptors (Lipinski definition) is 5. The highest BCUT2D eigenvalue weighted by Crippen LogP contribution is 2.23. The molecule has 1 aromatic heterocycles. The predicted octanol–water partition coefficient (Wildman–Crippen LogP) is 2.36. The number of ether oxygens (including phenoxy) is 2. The van der Waals surface area contributed by atoms with Crippen LogP contribution in [-0.4, -0.2) is 30.1 Å². The third-order valence-electron chi connectivity index (χ3n) is 2.82. The van der Waals surface area contributed by atoms with E-state index in [1.54, 1.807) is 18.2 Å². The lowest BCUT2D eigenvalue weighted by molar-refractivity contribution is 0.102. The van der Waals surface area contributed by atoms with Crippen molar-refractivity contribution in [1.82, 2.24) is 9.97 Å². The zero-order valence-corrected chi connectivity index (χ0v) is 12.4. The quantitative estimate of drug-likeness (QED) is 0.934. The third kappa shape index (κ3) is 3.68. The Morgan fingerprint density at radius 2 is 1.48 bits per heavy atom. The summed E-state index contributed by atoms with van der Waals surface area (Å²) in [5, 5.41) is 2.67. The number of aromatic nitrogens is 2. The highest BCUT2D eigenvalue weighted by atomic mass is 16.5. The van der Waals surface area contributed by atoms with Crippen molar-refractivity contribution in [3.63, 3.8) is 0 Å². The molecular weight excluding hydrogens is 270 g/mol. The van der Waals surface area contributed by atoms with E-state index in [0.29, 0.717) is 17.1 Å². The summed E-state index contributed by atoms with van der Waals surface area (Å²) in [6.45, 7) is 3.69. The number of hydrogen-bond donors (Lipinski definition) is 1. The lowest BCUT2D eigenvalue weighted by Crippen LogP contribution is -2.15. The molecule has 0 unspecified atom stereocenters. The Labute approximate surface area is 123 Å². The van der Waals surface area contributed by atoms with Crippen molar-refractivity contribution < 1.29 is 14.3 Å². The van der Waals surface area contributed by atoms with Gasteiger partial charge in [-0.3, -0.25) is 10.1 Å². The molecule has 1 amide bonds. The van der Waals surface area contributed by atoms with Crippen LogP contribution in [-0.2, 0) is 0 Å². The van der Waals surface area contributed by atoms with Gasteiger partial charge in [-0.15, -0.1) is 0 Å². The fraction of sp³-hybridized carbons (Fsp3) is 0.267. The van der Waals surface area contributed by atoms with E-state index in [2.05, 4.69) is 15.3 Å². The van der Waals surface area contributed by atoms with E-state index in [1.807, 2.05) is 19.9 Å². The first kappa shape index (κ1) is 14.8. The van der Waals surface area contributed by atoms with Gasteiger partial charge in [-0.1, -0.05) is 0 Å². The molecule has 2 rings (SSSR count). The Hall–Kier alpha value is -2.63. The van der Waals surface area contributed by atoms with Crippen LogP contribution in [0, 0.1) is 13.8 Å². The molecule has 1 aromatic carbocycles. The lowest BCUT2D eigenvalue weighted by atomic mass is 10.2. The first-order chi connectivity index (χ1) is 10.0. The summed E-state index contributed by atoms with van der Waals surface area (Å²) in [4.78, 5) is 20.6. The van der Waals surface area contributed by atoms with Crippen LogP contribution in [0.4, 0.5) is 5.95 Å². The summed E-state index contributed by atoms with van der Waals surface area (Å²) in [7, 11) is 3.06. The second-order valence-electron chi connectivity index (χ2n) is 4.53. The Morgan fingerprint density at radius 3 is 1.95 bits per heavy atom. The van der Waals surface area contributed by atoms with E-state index in [0.717, 1.165) is 11.4 Å². The molecule has 0 aliphatic carbocycles. The van der Waals surface area contributed by atoms with Crippen molar-refractivity contribution in [2.45, 2.75) is 13.8 Å². The molecule has 0 spiro atoms. The fourth-order valence-electron chi connectivity index (χ4n) is 1.89. The first-order valence-electron chi connectivity index (χ1n) is 6.38. The topological polar surface area (TPSA) is 73.3 Å². The zero-order chi connectivity index (χ0) is 15.4. The molecular formula is C15H17N3O3. The van der Waals surface area contributed by atoms with Gasteiger partial charge < -0.3 is 9.47 Å². The van der Waals surface area contributed by atoms with Crippen LogP contribution >= 0.6 is 0 Å². The molecule has 0 bridgehead atoms. The van der Waals surface area contributed by atoms with Gasteiger partial charge in [0.05, 0.1) is 14.2 Å². The van der Waals surface area contributed by atoms with Gasteiger partial charge in [0, 0.05) is 23.0 Å². The van der Waals surface area contributed by atoms with Crippen molar-refractivity contribution in [2.24, 2.45) is 0 Å². The standard InChI is InChI=1S/C15H17N3O3/c1-9-5-10(2)17-15(16-9)18-14(19)11-6-12(20-3)8-13(7-11)21-4/h5-8H,1-4H3,(H,16,17,18,19). The van der Waals surface area contributed by atoms with Gasteiger partial charge >= 0.3 is 0 Å². The number of benzene rings is 1. The summed E-state index contributed by atoms with van der Waals surface area (Å²) in [5.41, 5.74) is 2.00. The Morgan fingerprint density at radius 1 is 0.952 bits per heavy atom. The molecule has 6 heteroatoms. The number of aryl methyl sites for hydroxylation is 2. The molecule has 0 atom stereocenters. The van der Waals surface area contributed by atoms with E-state index >= 15 is 0 Å². The number of nitrogens with one attached hydrogen (secondary N) is 1. The summed E-state index contributed by atoms with van der Waals surface area (Å²) in [5.74, 6) is 1.04. The minimum Gasteiger partial charge on any atom is -0.497 e. The maximum absolute atomic E-state index is 12.3. The van der Waals surface area contributed by atoms with Crippen LogP contribution in [0.25, 0.3) is 0 Å². The summed E-state index contributed by atoms with van der Waals surface area (Å²) in [6.07, 6.45) is 0. The summed E-state index contributed by atoms with van der Waals surface area (Å²) >= 11 is 0. The molecule has 1 heterocycles. The number of methoxy groups -OCH3 is 2. The zero-order valence-electron chi connectivity index (χ0n) is 12.4. The molecule has 1 N–H and O–H groups in total.